The summed E-state index contributed by atoms with van der Waals surface area (Å²) in [5.41, 5.74) is -3.76. The summed E-state index contributed by atoms with van der Waals surface area (Å²) in [7, 11) is 0. The lowest BCUT2D eigenvalue weighted by Gasteiger charge is -2.22. The molecular weight excluding hydrogens is 536 g/mol. The van der Waals surface area contributed by atoms with Gasteiger partial charge in [-0.3, -0.25) is 24.0 Å². The van der Waals surface area contributed by atoms with E-state index in [1.165, 1.54) is 0 Å². The third kappa shape index (κ3) is 5.77. The first-order valence-electron chi connectivity index (χ1n) is 12.0. The number of nitrogens with one attached hydrogen (secondary N) is 4. The van der Waals surface area contributed by atoms with E-state index in [4.69, 9.17) is 11.6 Å². The standard InChI is InChI=1S/C24H25ClF4N4O5/c1-10-6-11(19(35)30-10)7-17(18(34)21(37)31-12-2-3-12)32-20(36)13-8-14(25)15(26)9-16(13)33-22(38)23(4-5-23)24(27,28)29/h8-12,17H,2-7H2,1H3,(H,30,35)(H,31,37)(H,32,36)(H,33,38)/t10-,11+,17+/m1/s1. The predicted octanol–water partition coefficient (Wildman–Crippen LogP) is 2.62. The number of amides is 4. The number of Topliss-reactive ketones (excluding diaryl/α,β-unsaturated/α-hetero) is 1. The average Bonchev–Trinajstić information content (AvgIpc) is 3.73. The van der Waals surface area contributed by atoms with Crippen molar-refractivity contribution in [3.8, 4) is 0 Å². The minimum atomic E-state index is -4.85. The minimum Gasteiger partial charge on any atom is -0.353 e. The molecule has 1 heterocycles. The van der Waals surface area contributed by atoms with Gasteiger partial charge in [0.1, 0.15) is 11.2 Å². The molecule has 2 aliphatic carbocycles. The predicted molar refractivity (Wildman–Crippen MR) is 126 cm³/mol. The summed E-state index contributed by atoms with van der Waals surface area (Å²) in [6.07, 6.45) is -4.29. The van der Waals surface area contributed by atoms with E-state index in [9.17, 15) is 41.5 Å². The van der Waals surface area contributed by atoms with Gasteiger partial charge in [-0.05, 0) is 57.6 Å². The van der Waals surface area contributed by atoms with Crippen LogP contribution in [0.4, 0.5) is 23.2 Å². The molecule has 1 aromatic rings. The van der Waals surface area contributed by atoms with E-state index in [1.807, 2.05) is 5.32 Å². The molecule has 9 nitrogen and oxygen atoms in total. The molecule has 14 heteroatoms. The second-order valence-electron chi connectivity index (χ2n) is 10.1. The molecule has 4 N–H and O–H groups in total. The molecule has 2 saturated carbocycles. The largest absolute Gasteiger partial charge is 0.403 e. The number of halogens is 5. The van der Waals surface area contributed by atoms with E-state index >= 15 is 0 Å². The lowest BCUT2D eigenvalue weighted by Crippen LogP contribution is -2.49. The number of hydrogen-bond acceptors (Lipinski definition) is 5. The Hall–Kier alpha value is -3.22. The number of rotatable bonds is 9. The van der Waals surface area contributed by atoms with Gasteiger partial charge in [0.15, 0.2) is 0 Å². The lowest BCUT2D eigenvalue weighted by atomic mass is 9.93. The molecule has 1 aromatic carbocycles. The molecule has 3 atom stereocenters. The van der Waals surface area contributed by atoms with Gasteiger partial charge in [-0.25, -0.2) is 4.39 Å². The van der Waals surface area contributed by atoms with E-state index in [1.54, 1.807) is 6.92 Å². The first kappa shape index (κ1) is 27.8. The number of ketones is 1. The molecule has 4 amide bonds. The van der Waals surface area contributed by atoms with Gasteiger partial charge >= 0.3 is 6.18 Å². The van der Waals surface area contributed by atoms with Crippen LogP contribution in [-0.2, 0) is 19.2 Å². The average molecular weight is 561 g/mol. The fraction of sp³-hybridized carbons (Fsp3) is 0.542. The Labute approximate surface area is 219 Å². The molecule has 1 aliphatic heterocycles. The zero-order valence-electron chi connectivity index (χ0n) is 20.1. The van der Waals surface area contributed by atoms with Gasteiger partial charge in [-0.15, -0.1) is 0 Å². The summed E-state index contributed by atoms with van der Waals surface area (Å²) < 4.78 is 54.4. The van der Waals surface area contributed by atoms with Crippen LogP contribution < -0.4 is 21.3 Å². The van der Waals surface area contributed by atoms with Crippen LogP contribution in [-0.4, -0.2) is 53.7 Å². The third-order valence-electron chi connectivity index (χ3n) is 6.96. The Bertz CT molecular complexity index is 1200. The second-order valence-corrected chi connectivity index (χ2v) is 10.5. The van der Waals surface area contributed by atoms with Gasteiger partial charge in [0.05, 0.1) is 22.3 Å². The quantitative estimate of drug-likeness (QED) is 0.272. The highest BCUT2D eigenvalue weighted by Gasteiger charge is 2.68. The van der Waals surface area contributed by atoms with Crippen LogP contribution in [0.3, 0.4) is 0 Å². The Morgan fingerprint density at radius 2 is 1.84 bits per heavy atom. The lowest BCUT2D eigenvalue weighted by molar-refractivity contribution is -0.189. The van der Waals surface area contributed by atoms with Gasteiger partial charge in [0.25, 0.3) is 11.8 Å². The summed E-state index contributed by atoms with van der Waals surface area (Å²) in [5.74, 6) is -6.74. The number of benzene rings is 1. The second kappa shape index (κ2) is 10.2. The van der Waals surface area contributed by atoms with Crippen molar-refractivity contribution in [1.82, 2.24) is 16.0 Å². The maximum atomic E-state index is 14.2. The molecule has 3 aliphatic rings. The molecule has 0 spiro atoms. The van der Waals surface area contributed by atoms with Crippen molar-refractivity contribution >= 4 is 46.7 Å². The normalized spacial score (nSPS) is 22.7. The van der Waals surface area contributed by atoms with Crippen LogP contribution >= 0.6 is 11.6 Å². The molecule has 38 heavy (non-hydrogen) atoms. The highest BCUT2D eigenvalue weighted by Crippen LogP contribution is 2.58. The van der Waals surface area contributed by atoms with Crippen molar-refractivity contribution in [3.63, 3.8) is 0 Å². The van der Waals surface area contributed by atoms with Crippen LogP contribution in [0.25, 0.3) is 0 Å². The summed E-state index contributed by atoms with van der Waals surface area (Å²) in [6, 6.07) is -0.450. The highest BCUT2D eigenvalue weighted by atomic mass is 35.5. The molecule has 0 unspecified atom stereocenters. The minimum absolute atomic E-state index is 0.168. The van der Waals surface area contributed by atoms with E-state index in [2.05, 4.69) is 16.0 Å². The first-order valence-corrected chi connectivity index (χ1v) is 12.4. The number of anilines is 1. The molecule has 0 radical (unpaired) electrons. The van der Waals surface area contributed by atoms with E-state index in [0.717, 1.165) is 6.07 Å². The van der Waals surface area contributed by atoms with Crippen molar-refractivity contribution < 1.29 is 41.5 Å². The maximum absolute atomic E-state index is 14.2. The van der Waals surface area contributed by atoms with Gasteiger partial charge in [-0.2, -0.15) is 13.2 Å². The van der Waals surface area contributed by atoms with Crippen molar-refractivity contribution in [1.29, 1.82) is 0 Å². The van der Waals surface area contributed by atoms with Crippen molar-refractivity contribution in [2.45, 2.75) is 69.8 Å². The molecule has 4 rings (SSSR count). The summed E-state index contributed by atoms with van der Waals surface area (Å²) in [4.78, 5) is 63.3. The first-order chi connectivity index (χ1) is 17.7. The van der Waals surface area contributed by atoms with Crippen molar-refractivity contribution in [2.24, 2.45) is 11.3 Å². The Morgan fingerprint density at radius 1 is 1.18 bits per heavy atom. The monoisotopic (exact) mass is 560 g/mol. The summed E-state index contributed by atoms with van der Waals surface area (Å²) in [5, 5.41) is 8.92. The third-order valence-corrected chi connectivity index (χ3v) is 7.25. The smallest absolute Gasteiger partial charge is 0.353 e. The van der Waals surface area contributed by atoms with Gasteiger partial charge in [0, 0.05) is 18.0 Å². The highest BCUT2D eigenvalue weighted by molar-refractivity contribution is 6.38. The Morgan fingerprint density at radius 3 is 2.37 bits per heavy atom. The van der Waals surface area contributed by atoms with Crippen LogP contribution in [0, 0.1) is 17.2 Å². The molecular formula is C24H25ClF4N4O5. The topological polar surface area (TPSA) is 133 Å². The van der Waals surface area contributed by atoms with Gasteiger partial charge in [0.2, 0.25) is 17.6 Å². The van der Waals surface area contributed by atoms with Gasteiger partial charge < -0.3 is 21.3 Å². The van der Waals surface area contributed by atoms with Crippen LogP contribution in [0.5, 0.6) is 0 Å². The fourth-order valence-corrected chi connectivity index (χ4v) is 4.56. The van der Waals surface area contributed by atoms with Crippen LogP contribution in [0.2, 0.25) is 5.02 Å². The number of carbonyl (C=O) groups excluding carboxylic acids is 5. The number of hydrogen-bond donors (Lipinski definition) is 4. The number of carbonyl (C=O) groups is 5. The van der Waals surface area contributed by atoms with E-state index < -0.39 is 82.0 Å². The molecule has 3 fully saturated rings. The zero-order chi connectivity index (χ0) is 28.0. The molecule has 1 saturated heterocycles. The summed E-state index contributed by atoms with van der Waals surface area (Å²) in [6.45, 7) is 1.75. The molecule has 206 valence electrons. The fourth-order valence-electron chi connectivity index (χ4n) is 4.40. The Balaban J connectivity index is 1.58. The Kier molecular flexibility index (Phi) is 7.43. The molecule has 0 bridgehead atoms. The molecule has 0 aromatic heterocycles. The van der Waals surface area contributed by atoms with Crippen molar-refractivity contribution in [2.75, 3.05) is 5.32 Å². The SMILES string of the molecule is C[C@@H]1C[C@@H](C[C@H](NC(=O)c2cc(Cl)c(F)cc2NC(=O)C2(C(F)(F)F)CC2)C(=O)C(=O)NC2CC2)C(=O)N1. The van der Waals surface area contributed by atoms with E-state index in [0.29, 0.717) is 25.3 Å². The van der Waals surface area contributed by atoms with E-state index in [-0.39, 0.29) is 24.4 Å². The van der Waals surface area contributed by atoms with Crippen LogP contribution in [0.15, 0.2) is 12.1 Å². The van der Waals surface area contributed by atoms with Gasteiger partial charge in [-0.1, -0.05) is 11.6 Å². The summed E-state index contributed by atoms with van der Waals surface area (Å²) >= 11 is 5.80. The number of alkyl halides is 3. The van der Waals surface area contributed by atoms with Crippen LogP contribution in [0.1, 0.15) is 55.8 Å². The zero-order valence-corrected chi connectivity index (χ0v) is 20.9. The maximum Gasteiger partial charge on any atom is 0.403 e. The van der Waals surface area contributed by atoms with Crippen molar-refractivity contribution in [3.05, 3.63) is 28.5 Å².